The topological polar surface area (TPSA) is 105 Å². The Morgan fingerprint density at radius 1 is 0.854 bits per heavy atom. The van der Waals surface area contributed by atoms with E-state index in [0.717, 1.165) is 15.3 Å². The lowest BCUT2D eigenvalue weighted by Gasteiger charge is -2.26. The predicted octanol–water partition coefficient (Wildman–Crippen LogP) is 7.01. The van der Waals surface area contributed by atoms with Crippen LogP contribution in [0.15, 0.2) is 89.8 Å². The van der Waals surface area contributed by atoms with Gasteiger partial charge >= 0.3 is 12.0 Å². The van der Waals surface area contributed by atoms with E-state index in [1.165, 1.54) is 18.2 Å². The molecular formula is C30H29Cl2N3O5S. The minimum atomic E-state index is -4.30. The summed E-state index contributed by atoms with van der Waals surface area (Å²) in [5, 5.41) is 7.29. The van der Waals surface area contributed by atoms with E-state index < -0.39 is 34.2 Å². The van der Waals surface area contributed by atoms with Crippen LogP contribution in [0.3, 0.4) is 0 Å². The van der Waals surface area contributed by atoms with Crippen LogP contribution in [0.5, 0.6) is 0 Å². The van der Waals surface area contributed by atoms with Crippen LogP contribution < -0.4 is 14.9 Å². The van der Waals surface area contributed by atoms with Crippen LogP contribution in [0.25, 0.3) is 10.8 Å². The van der Waals surface area contributed by atoms with Crippen molar-refractivity contribution in [2.45, 2.75) is 37.8 Å². The lowest BCUT2D eigenvalue weighted by molar-refractivity contribution is -0.152. The molecule has 11 heteroatoms. The second-order valence-electron chi connectivity index (χ2n) is 10.2. The van der Waals surface area contributed by atoms with Crippen molar-refractivity contribution < 1.29 is 22.7 Å². The quantitative estimate of drug-likeness (QED) is 0.208. The van der Waals surface area contributed by atoms with Crippen molar-refractivity contribution in [1.29, 1.82) is 0 Å². The zero-order chi connectivity index (χ0) is 29.8. The van der Waals surface area contributed by atoms with Gasteiger partial charge in [-0.15, -0.1) is 0 Å². The standard InChI is InChI=1S/C30H29Cl2N3O5S/c1-30(2,3)40-28(36)19-35(41(38,39)27-16-23(31)15-24(32)17-27)26-12-10-21-9-11-25(13-22(21)14-26)34-29(37)33-18-20-7-5-4-6-8-20/h4-17H,18-19H2,1-3H3,(H2,33,34,37). The molecule has 0 aromatic heterocycles. The Morgan fingerprint density at radius 2 is 1.51 bits per heavy atom. The number of halogens is 2. The molecule has 8 nitrogen and oxygen atoms in total. The molecular weight excluding hydrogens is 585 g/mol. The average molecular weight is 615 g/mol. The summed E-state index contributed by atoms with van der Waals surface area (Å²) in [4.78, 5) is 25.1. The highest BCUT2D eigenvalue weighted by Crippen LogP contribution is 2.31. The lowest BCUT2D eigenvalue weighted by Crippen LogP contribution is -2.39. The molecule has 0 heterocycles. The van der Waals surface area contributed by atoms with Gasteiger partial charge in [-0.25, -0.2) is 13.2 Å². The molecule has 0 spiro atoms. The number of anilines is 2. The van der Waals surface area contributed by atoms with Gasteiger partial charge in [-0.05, 0) is 79.6 Å². The number of amides is 2. The first-order chi connectivity index (χ1) is 19.3. The first-order valence-corrected chi connectivity index (χ1v) is 14.8. The number of nitrogens with one attached hydrogen (secondary N) is 2. The summed E-state index contributed by atoms with van der Waals surface area (Å²) in [7, 11) is -4.30. The van der Waals surface area contributed by atoms with E-state index in [-0.39, 0.29) is 20.6 Å². The Morgan fingerprint density at radius 3 is 2.17 bits per heavy atom. The minimum absolute atomic E-state index is 0.132. The zero-order valence-electron chi connectivity index (χ0n) is 22.6. The average Bonchev–Trinajstić information content (AvgIpc) is 2.89. The molecule has 0 radical (unpaired) electrons. The molecule has 0 saturated heterocycles. The molecule has 0 aliphatic carbocycles. The van der Waals surface area contributed by atoms with Crippen molar-refractivity contribution in [2.75, 3.05) is 16.2 Å². The number of hydrogen-bond donors (Lipinski definition) is 2. The number of fused-ring (bicyclic) bond motifs is 1. The van der Waals surface area contributed by atoms with E-state index in [1.807, 2.05) is 30.3 Å². The molecule has 214 valence electrons. The van der Waals surface area contributed by atoms with Gasteiger partial charge in [0.25, 0.3) is 10.0 Å². The van der Waals surface area contributed by atoms with E-state index in [1.54, 1.807) is 57.2 Å². The van der Waals surface area contributed by atoms with Crippen molar-refractivity contribution in [1.82, 2.24) is 5.32 Å². The molecule has 0 bridgehead atoms. The summed E-state index contributed by atoms with van der Waals surface area (Å²) in [6, 6.07) is 23.3. The SMILES string of the molecule is CC(C)(C)OC(=O)CN(c1ccc2ccc(NC(=O)NCc3ccccc3)cc2c1)S(=O)(=O)c1cc(Cl)cc(Cl)c1. The number of urea groups is 1. The molecule has 0 aliphatic heterocycles. The Hall–Kier alpha value is -3.79. The van der Waals surface area contributed by atoms with Gasteiger partial charge in [-0.3, -0.25) is 9.10 Å². The van der Waals surface area contributed by atoms with Gasteiger partial charge in [0.05, 0.1) is 10.6 Å². The van der Waals surface area contributed by atoms with Gasteiger partial charge in [0.1, 0.15) is 12.1 Å². The summed E-state index contributed by atoms with van der Waals surface area (Å²) in [5.74, 6) is -0.736. The first-order valence-electron chi connectivity index (χ1n) is 12.6. The van der Waals surface area contributed by atoms with Gasteiger partial charge in [0.2, 0.25) is 0 Å². The maximum atomic E-state index is 13.8. The molecule has 2 amide bonds. The smallest absolute Gasteiger partial charge is 0.327 e. The summed E-state index contributed by atoms with van der Waals surface area (Å²) >= 11 is 12.2. The zero-order valence-corrected chi connectivity index (χ0v) is 25.0. The molecule has 4 aromatic rings. The number of esters is 1. The van der Waals surface area contributed by atoms with E-state index >= 15 is 0 Å². The van der Waals surface area contributed by atoms with E-state index in [9.17, 15) is 18.0 Å². The van der Waals surface area contributed by atoms with Crippen LogP contribution in [0.4, 0.5) is 16.2 Å². The maximum absolute atomic E-state index is 13.8. The maximum Gasteiger partial charge on any atom is 0.327 e. The summed E-state index contributed by atoms with van der Waals surface area (Å²) < 4.78 is 34.0. The third kappa shape index (κ3) is 8.13. The normalized spacial score (nSPS) is 11.6. The molecule has 0 fully saturated rings. The second kappa shape index (κ2) is 12.4. The third-order valence-corrected chi connectivity index (χ3v) is 7.97. The van der Waals surface area contributed by atoms with Crippen LogP contribution in [0, 0.1) is 0 Å². The molecule has 2 N–H and O–H groups in total. The first kappa shape index (κ1) is 30.2. The van der Waals surface area contributed by atoms with Gasteiger partial charge in [0, 0.05) is 22.3 Å². The molecule has 4 aromatic carbocycles. The molecule has 0 aliphatic rings. The predicted molar refractivity (Wildman–Crippen MR) is 163 cm³/mol. The van der Waals surface area contributed by atoms with Gasteiger partial charge in [-0.1, -0.05) is 65.7 Å². The fourth-order valence-corrected chi connectivity index (χ4v) is 6.16. The fraction of sp³-hybridized carbons (Fsp3) is 0.200. The van der Waals surface area contributed by atoms with Crippen LogP contribution >= 0.6 is 23.2 Å². The van der Waals surface area contributed by atoms with Crippen LogP contribution in [-0.4, -0.2) is 32.6 Å². The summed E-state index contributed by atoms with van der Waals surface area (Å²) in [6.45, 7) is 4.85. The Bertz CT molecular complexity index is 1670. The third-order valence-electron chi connectivity index (χ3n) is 5.78. The molecule has 4 rings (SSSR count). The number of ether oxygens (including phenoxy) is 1. The highest BCUT2D eigenvalue weighted by molar-refractivity contribution is 7.92. The number of benzene rings is 4. The van der Waals surface area contributed by atoms with E-state index in [2.05, 4.69) is 10.6 Å². The molecule has 0 saturated carbocycles. The molecule has 41 heavy (non-hydrogen) atoms. The Kier molecular flexibility index (Phi) is 9.11. The molecule has 0 atom stereocenters. The minimum Gasteiger partial charge on any atom is -0.459 e. The summed E-state index contributed by atoms with van der Waals surface area (Å²) in [5.41, 5.74) is 0.850. The highest BCUT2D eigenvalue weighted by Gasteiger charge is 2.30. The number of carbonyl (C=O) groups excluding carboxylic acids is 2. The van der Waals surface area contributed by atoms with Crippen LogP contribution in [0.1, 0.15) is 26.3 Å². The van der Waals surface area contributed by atoms with Crippen molar-refractivity contribution >= 4 is 67.4 Å². The molecule has 0 unspecified atom stereocenters. The van der Waals surface area contributed by atoms with Gasteiger partial charge in [0.15, 0.2) is 0 Å². The second-order valence-corrected chi connectivity index (χ2v) is 13.0. The van der Waals surface area contributed by atoms with Crippen molar-refractivity contribution in [3.63, 3.8) is 0 Å². The van der Waals surface area contributed by atoms with E-state index in [0.29, 0.717) is 17.6 Å². The van der Waals surface area contributed by atoms with Crippen LogP contribution in [0.2, 0.25) is 10.0 Å². The van der Waals surface area contributed by atoms with Crippen molar-refractivity contribution in [2.24, 2.45) is 0 Å². The monoisotopic (exact) mass is 613 g/mol. The van der Waals surface area contributed by atoms with Crippen molar-refractivity contribution in [3.8, 4) is 0 Å². The highest BCUT2D eigenvalue weighted by atomic mass is 35.5. The number of nitrogens with zero attached hydrogens (tertiary/aromatic N) is 1. The largest absolute Gasteiger partial charge is 0.459 e. The lowest BCUT2D eigenvalue weighted by atomic mass is 10.1. The van der Waals surface area contributed by atoms with Crippen molar-refractivity contribution in [3.05, 3.63) is 101 Å². The van der Waals surface area contributed by atoms with Crippen LogP contribution in [-0.2, 0) is 26.1 Å². The van der Waals surface area contributed by atoms with Gasteiger partial charge in [-0.2, -0.15) is 0 Å². The summed E-state index contributed by atoms with van der Waals surface area (Å²) in [6.07, 6.45) is 0. The number of rotatable bonds is 8. The van der Waals surface area contributed by atoms with E-state index in [4.69, 9.17) is 27.9 Å². The number of sulfonamides is 1. The number of hydrogen-bond acceptors (Lipinski definition) is 5. The number of carbonyl (C=O) groups is 2. The fourth-order valence-electron chi connectivity index (χ4n) is 4.03. The Balaban J connectivity index is 1.65. The Labute approximate surface area is 249 Å². The van der Waals surface area contributed by atoms with Gasteiger partial charge < -0.3 is 15.4 Å².